The van der Waals surface area contributed by atoms with Gasteiger partial charge in [0.1, 0.15) is 17.8 Å². The van der Waals surface area contributed by atoms with Gasteiger partial charge < -0.3 is 19.7 Å². The lowest BCUT2D eigenvalue weighted by molar-refractivity contribution is -0.114. The molecule has 0 saturated heterocycles. The standard InChI is InChI=1S/C13H17NO5/c1-4-18-12(17)7-5-8-9(15)10(16)13(2,3)19-11(8)14-6-7/h5-6,9-10,15-16H,4H2,1-3H3/t9-,10+/m0/s1. The van der Waals surface area contributed by atoms with Crippen molar-refractivity contribution in [1.82, 2.24) is 4.98 Å². The molecule has 104 valence electrons. The van der Waals surface area contributed by atoms with Crippen molar-refractivity contribution >= 4 is 5.97 Å². The fourth-order valence-corrected chi connectivity index (χ4v) is 1.95. The Hall–Kier alpha value is -1.66. The highest BCUT2D eigenvalue weighted by molar-refractivity contribution is 5.89. The Balaban J connectivity index is 2.39. The fraction of sp³-hybridized carbons (Fsp3) is 0.538. The molecule has 2 heterocycles. The van der Waals surface area contributed by atoms with Crippen LogP contribution in [0.5, 0.6) is 5.88 Å². The number of aromatic nitrogens is 1. The molecule has 19 heavy (non-hydrogen) atoms. The number of nitrogens with zero attached hydrogens (tertiary/aromatic N) is 1. The van der Waals surface area contributed by atoms with Crippen LogP contribution in [-0.4, -0.2) is 39.5 Å². The zero-order valence-electron chi connectivity index (χ0n) is 11.1. The molecule has 0 saturated carbocycles. The Labute approximate surface area is 111 Å². The predicted octanol–water partition coefficient (Wildman–Crippen LogP) is 0.824. The van der Waals surface area contributed by atoms with Gasteiger partial charge in [-0.1, -0.05) is 0 Å². The third-order valence-corrected chi connectivity index (χ3v) is 3.08. The van der Waals surface area contributed by atoms with Gasteiger partial charge in [-0.2, -0.15) is 0 Å². The number of hydrogen-bond acceptors (Lipinski definition) is 6. The number of rotatable bonds is 2. The van der Waals surface area contributed by atoms with Gasteiger partial charge in [0.2, 0.25) is 5.88 Å². The molecule has 0 aliphatic carbocycles. The topological polar surface area (TPSA) is 88.9 Å². The van der Waals surface area contributed by atoms with E-state index in [9.17, 15) is 15.0 Å². The van der Waals surface area contributed by atoms with Crippen molar-refractivity contribution in [2.45, 2.75) is 38.6 Å². The van der Waals surface area contributed by atoms with E-state index in [1.807, 2.05) is 0 Å². The zero-order valence-corrected chi connectivity index (χ0v) is 11.1. The summed E-state index contributed by atoms with van der Waals surface area (Å²) in [7, 11) is 0. The van der Waals surface area contributed by atoms with E-state index in [0.29, 0.717) is 0 Å². The lowest BCUT2D eigenvalue weighted by Gasteiger charge is -2.39. The van der Waals surface area contributed by atoms with Crippen LogP contribution in [0.4, 0.5) is 0 Å². The molecule has 2 atom stereocenters. The second-order valence-electron chi connectivity index (χ2n) is 4.93. The number of aliphatic hydroxyl groups is 2. The Kier molecular flexibility index (Phi) is 3.47. The lowest BCUT2D eigenvalue weighted by Crippen LogP contribution is -2.49. The third-order valence-electron chi connectivity index (χ3n) is 3.08. The van der Waals surface area contributed by atoms with E-state index in [1.165, 1.54) is 12.3 Å². The van der Waals surface area contributed by atoms with Gasteiger partial charge in [0.25, 0.3) is 0 Å². The number of aliphatic hydroxyl groups excluding tert-OH is 2. The number of fused-ring (bicyclic) bond motifs is 1. The van der Waals surface area contributed by atoms with Crippen molar-refractivity contribution in [3.8, 4) is 5.88 Å². The SMILES string of the molecule is CCOC(=O)c1cnc2c(c1)[C@H](O)[C@@H](O)C(C)(C)O2. The molecule has 1 aromatic heterocycles. The maximum Gasteiger partial charge on any atom is 0.339 e. The van der Waals surface area contributed by atoms with Crippen molar-refractivity contribution in [3.05, 3.63) is 23.4 Å². The first-order valence-electron chi connectivity index (χ1n) is 6.09. The second-order valence-corrected chi connectivity index (χ2v) is 4.93. The van der Waals surface area contributed by atoms with Gasteiger partial charge in [-0.25, -0.2) is 9.78 Å². The van der Waals surface area contributed by atoms with E-state index < -0.39 is 23.8 Å². The Morgan fingerprint density at radius 3 is 2.84 bits per heavy atom. The van der Waals surface area contributed by atoms with E-state index in [1.54, 1.807) is 20.8 Å². The monoisotopic (exact) mass is 267 g/mol. The highest BCUT2D eigenvalue weighted by Crippen LogP contribution is 2.38. The van der Waals surface area contributed by atoms with Gasteiger partial charge in [-0.05, 0) is 26.8 Å². The largest absolute Gasteiger partial charge is 0.468 e. The number of esters is 1. The summed E-state index contributed by atoms with van der Waals surface area (Å²) < 4.78 is 10.4. The average molecular weight is 267 g/mol. The normalized spacial score (nSPS) is 24.3. The van der Waals surface area contributed by atoms with Gasteiger partial charge in [0.05, 0.1) is 12.2 Å². The third kappa shape index (κ3) is 2.41. The maximum absolute atomic E-state index is 11.6. The number of carbonyl (C=O) groups excluding carboxylic acids is 1. The molecule has 0 unspecified atom stereocenters. The lowest BCUT2D eigenvalue weighted by atomic mass is 9.89. The van der Waals surface area contributed by atoms with Crippen LogP contribution in [0.2, 0.25) is 0 Å². The molecule has 0 fully saturated rings. The number of hydrogen-bond donors (Lipinski definition) is 2. The summed E-state index contributed by atoms with van der Waals surface area (Å²) in [6, 6.07) is 1.43. The zero-order chi connectivity index (χ0) is 14.2. The van der Waals surface area contributed by atoms with Crippen LogP contribution in [0.15, 0.2) is 12.3 Å². The van der Waals surface area contributed by atoms with Crippen LogP contribution in [0.25, 0.3) is 0 Å². The van der Waals surface area contributed by atoms with Crippen molar-refractivity contribution in [1.29, 1.82) is 0 Å². The van der Waals surface area contributed by atoms with E-state index in [-0.39, 0.29) is 23.6 Å². The number of carbonyl (C=O) groups is 1. The summed E-state index contributed by atoms with van der Waals surface area (Å²) in [5.74, 6) is -0.305. The number of ether oxygens (including phenoxy) is 2. The van der Waals surface area contributed by atoms with E-state index in [4.69, 9.17) is 9.47 Å². The molecule has 1 aliphatic heterocycles. The first-order chi connectivity index (χ1) is 8.86. The van der Waals surface area contributed by atoms with Gasteiger partial charge in [0.15, 0.2) is 0 Å². The van der Waals surface area contributed by atoms with Crippen molar-refractivity contribution in [3.63, 3.8) is 0 Å². The maximum atomic E-state index is 11.6. The van der Waals surface area contributed by atoms with Crippen molar-refractivity contribution in [2.24, 2.45) is 0 Å². The van der Waals surface area contributed by atoms with Crippen LogP contribution in [0.3, 0.4) is 0 Å². The molecule has 0 aromatic carbocycles. The smallest absolute Gasteiger partial charge is 0.339 e. The predicted molar refractivity (Wildman–Crippen MR) is 65.9 cm³/mol. The van der Waals surface area contributed by atoms with Gasteiger partial charge in [-0.15, -0.1) is 0 Å². The molecule has 1 aliphatic rings. The van der Waals surface area contributed by atoms with Gasteiger partial charge in [0, 0.05) is 11.8 Å². The summed E-state index contributed by atoms with van der Waals surface area (Å²) in [5.41, 5.74) is -0.433. The Morgan fingerprint density at radius 2 is 2.21 bits per heavy atom. The Morgan fingerprint density at radius 1 is 1.53 bits per heavy atom. The molecule has 0 spiro atoms. The molecule has 6 heteroatoms. The highest BCUT2D eigenvalue weighted by Gasteiger charge is 2.43. The van der Waals surface area contributed by atoms with Crippen LogP contribution < -0.4 is 4.74 Å². The molecule has 1 aromatic rings. The van der Waals surface area contributed by atoms with E-state index in [2.05, 4.69) is 4.98 Å². The summed E-state index contributed by atoms with van der Waals surface area (Å²) in [5, 5.41) is 20.0. The minimum atomic E-state index is -1.15. The molecule has 0 radical (unpaired) electrons. The fourth-order valence-electron chi connectivity index (χ4n) is 1.95. The van der Waals surface area contributed by atoms with E-state index in [0.717, 1.165) is 0 Å². The molecular weight excluding hydrogens is 250 g/mol. The molecule has 6 nitrogen and oxygen atoms in total. The molecule has 2 rings (SSSR count). The first kappa shape index (κ1) is 13.8. The van der Waals surface area contributed by atoms with Crippen LogP contribution in [0, 0.1) is 0 Å². The summed E-state index contributed by atoms with van der Waals surface area (Å²) in [4.78, 5) is 15.6. The first-order valence-corrected chi connectivity index (χ1v) is 6.09. The van der Waals surface area contributed by atoms with Gasteiger partial charge >= 0.3 is 5.97 Å². The van der Waals surface area contributed by atoms with Crippen LogP contribution in [-0.2, 0) is 4.74 Å². The highest BCUT2D eigenvalue weighted by atomic mass is 16.5. The van der Waals surface area contributed by atoms with Crippen LogP contribution in [0.1, 0.15) is 42.8 Å². The summed E-state index contributed by atoms with van der Waals surface area (Å²) >= 11 is 0. The second kappa shape index (κ2) is 4.79. The Bertz CT molecular complexity index is 500. The molecule has 0 bridgehead atoms. The average Bonchev–Trinajstić information content (AvgIpc) is 2.36. The van der Waals surface area contributed by atoms with Crippen LogP contribution >= 0.6 is 0 Å². The van der Waals surface area contributed by atoms with Crippen molar-refractivity contribution < 1.29 is 24.5 Å². The minimum Gasteiger partial charge on any atom is -0.468 e. The number of pyridine rings is 1. The molecular formula is C13H17NO5. The molecule has 2 N–H and O–H groups in total. The molecule has 0 amide bonds. The van der Waals surface area contributed by atoms with Crippen molar-refractivity contribution in [2.75, 3.05) is 6.61 Å². The quantitative estimate of drug-likeness (QED) is 0.771. The summed E-state index contributed by atoms with van der Waals surface area (Å²) in [6.45, 7) is 5.27. The minimum absolute atomic E-state index is 0.218. The van der Waals surface area contributed by atoms with E-state index >= 15 is 0 Å². The summed E-state index contributed by atoms with van der Waals surface area (Å²) in [6.07, 6.45) is -0.919. The van der Waals surface area contributed by atoms with Gasteiger partial charge in [-0.3, -0.25) is 0 Å².